The molecule has 9 nitrogen and oxygen atoms in total. The highest BCUT2D eigenvalue weighted by Crippen LogP contribution is 2.33. The summed E-state index contributed by atoms with van der Waals surface area (Å²) in [7, 11) is 1.32. The van der Waals surface area contributed by atoms with Gasteiger partial charge in [0.1, 0.15) is 11.5 Å². The van der Waals surface area contributed by atoms with Crippen molar-refractivity contribution in [3.05, 3.63) is 69.2 Å². The maximum atomic E-state index is 12.1. The lowest BCUT2D eigenvalue weighted by Gasteiger charge is -2.11. The van der Waals surface area contributed by atoms with Crippen LogP contribution in [0, 0.1) is 10.1 Å². The number of benzene rings is 3. The number of amides is 1. The van der Waals surface area contributed by atoms with Crippen molar-refractivity contribution in [2.45, 2.75) is 0 Å². The van der Waals surface area contributed by atoms with Gasteiger partial charge in [-0.15, -0.1) is 0 Å². The molecule has 0 aromatic heterocycles. The first-order valence-electron chi connectivity index (χ1n) is 8.97. The number of carbonyl (C=O) groups excluding carboxylic acids is 2. The molecule has 160 valence electrons. The van der Waals surface area contributed by atoms with Crippen molar-refractivity contribution in [1.29, 1.82) is 0 Å². The molecule has 0 aliphatic rings. The molecule has 0 unspecified atom stereocenters. The number of hydrogen-bond donors (Lipinski definition) is 1. The number of fused-ring (bicyclic) bond motifs is 1. The van der Waals surface area contributed by atoms with E-state index in [-0.39, 0.29) is 23.7 Å². The Balaban J connectivity index is 1.52. The zero-order valence-electron chi connectivity index (χ0n) is 16.3. The van der Waals surface area contributed by atoms with Crippen LogP contribution in [0.3, 0.4) is 0 Å². The van der Waals surface area contributed by atoms with Gasteiger partial charge in [-0.3, -0.25) is 14.9 Å². The van der Waals surface area contributed by atoms with Gasteiger partial charge in [-0.1, -0.05) is 30.3 Å². The number of halogens is 1. The summed E-state index contributed by atoms with van der Waals surface area (Å²) in [5.41, 5.74) is 0.0313. The summed E-state index contributed by atoms with van der Waals surface area (Å²) in [5.74, 6) is -0.785. The lowest BCUT2D eigenvalue weighted by molar-refractivity contribution is -0.384. The number of anilines is 1. The quantitative estimate of drug-likeness (QED) is 0.288. The largest absolute Gasteiger partial charge is 0.494 e. The summed E-state index contributed by atoms with van der Waals surface area (Å²) < 4.78 is 16.2. The van der Waals surface area contributed by atoms with E-state index in [4.69, 9.17) is 14.2 Å². The van der Waals surface area contributed by atoms with Crippen LogP contribution in [0.5, 0.6) is 11.5 Å². The fourth-order valence-electron chi connectivity index (χ4n) is 2.73. The highest BCUT2D eigenvalue weighted by atomic mass is 79.9. The fraction of sp³-hybridized carbons (Fsp3) is 0.143. The van der Waals surface area contributed by atoms with Crippen molar-refractivity contribution in [2.75, 3.05) is 25.6 Å². The lowest BCUT2D eigenvalue weighted by atomic mass is 10.1. The van der Waals surface area contributed by atoms with Crippen LogP contribution in [0.1, 0.15) is 0 Å². The van der Waals surface area contributed by atoms with Gasteiger partial charge in [0.25, 0.3) is 11.6 Å². The topological polar surface area (TPSA) is 117 Å². The molecule has 0 heterocycles. The van der Waals surface area contributed by atoms with E-state index in [0.29, 0.717) is 10.2 Å². The molecule has 0 fully saturated rings. The summed E-state index contributed by atoms with van der Waals surface area (Å²) in [6.07, 6.45) is 0. The molecule has 1 N–H and O–H groups in total. The van der Waals surface area contributed by atoms with Gasteiger partial charge in [0, 0.05) is 6.07 Å². The van der Waals surface area contributed by atoms with E-state index in [0.717, 1.165) is 10.8 Å². The zero-order valence-corrected chi connectivity index (χ0v) is 17.9. The first kappa shape index (κ1) is 22.0. The number of nitrogens with zero attached hydrogens (tertiary/aromatic N) is 1. The number of rotatable bonds is 8. The molecule has 0 bridgehead atoms. The predicted molar refractivity (Wildman–Crippen MR) is 116 cm³/mol. The molecule has 3 aromatic carbocycles. The van der Waals surface area contributed by atoms with Crippen molar-refractivity contribution in [1.82, 2.24) is 0 Å². The molecular weight excluding hydrogens is 472 g/mol. The number of ether oxygens (including phenoxy) is 3. The average Bonchev–Trinajstić information content (AvgIpc) is 2.77. The number of nitrogens with one attached hydrogen (secondary N) is 1. The van der Waals surface area contributed by atoms with Crippen LogP contribution in [0.25, 0.3) is 10.8 Å². The molecule has 0 saturated carbocycles. The summed E-state index contributed by atoms with van der Waals surface area (Å²) >= 11 is 3.46. The fourth-order valence-corrected chi connectivity index (χ4v) is 3.34. The summed E-state index contributed by atoms with van der Waals surface area (Å²) in [6, 6.07) is 15.0. The molecule has 0 spiro atoms. The Morgan fingerprint density at radius 1 is 1.06 bits per heavy atom. The highest BCUT2D eigenvalue weighted by molar-refractivity contribution is 9.10. The number of non-ortho nitro benzene ring substituents is 1. The maximum Gasteiger partial charge on any atom is 0.344 e. The normalized spacial score (nSPS) is 10.4. The van der Waals surface area contributed by atoms with Crippen LogP contribution in [0.15, 0.2) is 59.1 Å². The molecule has 0 atom stereocenters. The van der Waals surface area contributed by atoms with Crippen molar-refractivity contribution in [2.24, 2.45) is 0 Å². The van der Waals surface area contributed by atoms with Gasteiger partial charge >= 0.3 is 5.97 Å². The number of hydrogen-bond acceptors (Lipinski definition) is 7. The zero-order chi connectivity index (χ0) is 22.4. The first-order chi connectivity index (χ1) is 14.9. The molecule has 3 aromatic rings. The van der Waals surface area contributed by atoms with Crippen LogP contribution in [0.4, 0.5) is 11.4 Å². The van der Waals surface area contributed by atoms with E-state index in [1.165, 1.54) is 25.3 Å². The SMILES string of the molecule is COc1cc([N+](=O)[O-])ccc1NC(=O)COC(=O)COc1ccc2ccccc2c1Br. The Bertz CT molecular complexity index is 1150. The molecule has 0 aliphatic heterocycles. The maximum absolute atomic E-state index is 12.1. The molecule has 10 heteroatoms. The van der Waals surface area contributed by atoms with Crippen molar-refractivity contribution in [3.63, 3.8) is 0 Å². The van der Waals surface area contributed by atoms with E-state index in [2.05, 4.69) is 21.2 Å². The minimum absolute atomic E-state index is 0.110. The number of carbonyl (C=O) groups is 2. The molecule has 3 rings (SSSR count). The second-order valence-corrected chi connectivity index (χ2v) is 7.03. The van der Waals surface area contributed by atoms with Crippen molar-refractivity contribution >= 4 is 50.0 Å². The lowest BCUT2D eigenvalue weighted by Crippen LogP contribution is -2.24. The van der Waals surface area contributed by atoms with E-state index in [1.807, 2.05) is 30.3 Å². The Labute approximate surface area is 185 Å². The first-order valence-corrected chi connectivity index (χ1v) is 9.76. The monoisotopic (exact) mass is 488 g/mol. The van der Waals surface area contributed by atoms with Gasteiger partial charge in [0.05, 0.1) is 28.3 Å². The second-order valence-electron chi connectivity index (χ2n) is 6.24. The number of nitro benzene ring substituents is 1. The Morgan fingerprint density at radius 2 is 1.84 bits per heavy atom. The molecule has 31 heavy (non-hydrogen) atoms. The minimum atomic E-state index is -0.731. The molecular formula is C21H17BrN2O7. The summed E-state index contributed by atoms with van der Waals surface area (Å²) in [6.45, 7) is -0.938. The van der Waals surface area contributed by atoms with Gasteiger partial charge in [0.2, 0.25) is 0 Å². The summed E-state index contributed by atoms with van der Waals surface area (Å²) in [4.78, 5) is 34.2. The van der Waals surface area contributed by atoms with Crippen molar-refractivity contribution in [3.8, 4) is 11.5 Å². The molecule has 0 aliphatic carbocycles. The van der Waals surface area contributed by atoms with Gasteiger partial charge in [-0.25, -0.2) is 4.79 Å². The van der Waals surface area contributed by atoms with Gasteiger partial charge in [0.15, 0.2) is 13.2 Å². The Morgan fingerprint density at radius 3 is 2.58 bits per heavy atom. The van der Waals surface area contributed by atoms with E-state index >= 15 is 0 Å². The van der Waals surface area contributed by atoms with Crippen molar-refractivity contribution < 1.29 is 28.7 Å². The third kappa shape index (κ3) is 5.48. The van der Waals surface area contributed by atoms with E-state index in [9.17, 15) is 19.7 Å². The van der Waals surface area contributed by atoms with E-state index in [1.54, 1.807) is 6.07 Å². The molecule has 0 saturated heterocycles. The number of nitro groups is 1. The number of esters is 1. The summed E-state index contributed by atoms with van der Waals surface area (Å²) in [5, 5.41) is 15.2. The van der Waals surface area contributed by atoms with Gasteiger partial charge in [-0.05, 0) is 38.8 Å². The Hall–Kier alpha value is -3.66. The second kappa shape index (κ2) is 9.90. The number of methoxy groups -OCH3 is 1. The van der Waals surface area contributed by atoms with Gasteiger partial charge < -0.3 is 19.5 Å². The minimum Gasteiger partial charge on any atom is -0.494 e. The van der Waals surface area contributed by atoms with Crippen LogP contribution < -0.4 is 14.8 Å². The smallest absolute Gasteiger partial charge is 0.344 e. The highest BCUT2D eigenvalue weighted by Gasteiger charge is 2.15. The third-order valence-electron chi connectivity index (χ3n) is 4.21. The van der Waals surface area contributed by atoms with Crippen LogP contribution in [-0.4, -0.2) is 37.1 Å². The van der Waals surface area contributed by atoms with E-state index < -0.39 is 23.4 Å². The van der Waals surface area contributed by atoms with Gasteiger partial charge in [-0.2, -0.15) is 0 Å². The average molecular weight is 489 g/mol. The predicted octanol–water partition coefficient (Wildman–Crippen LogP) is 4.08. The van der Waals surface area contributed by atoms with Crippen LogP contribution in [-0.2, 0) is 14.3 Å². The standard InChI is InChI=1S/C21H17BrN2O7/c1-29-18-10-14(24(27)28)7-8-16(18)23-19(25)11-31-20(26)12-30-17-9-6-13-4-2-3-5-15(13)21(17)22/h2-10H,11-12H2,1H3,(H,23,25). The Kier molecular flexibility index (Phi) is 7.03. The molecule has 1 amide bonds. The van der Waals surface area contributed by atoms with Crippen LogP contribution >= 0.6 is 15.9 Å². The van der Waals surface area contributed by atoms with Crippen LogP contribution in [0.2, 0.25) is 0 Å². The molecule has 0 radical (unpaired) electrons. The third-order valence-corrected chi connectivity index (χ3v) is 5.03.